The molecule has 0 bridgehead atoms. The van der Waals surface area contributed by atoms with Gasteiger partial charge in [0, 0.05) is 12.3 Å². The standard InChI is InChI=1S/C14H14BrNO3/c1-18-12-8-10(7-11(15)14(12)19-2)9-16-6-4-3-5-13(16)17/h3-8H,9H2,1-2H3. The van der Waals surface area contributed by atoms with E-state index in [1.807, 2.05) is 18.2 Å². The average molecular weight is 324 g/mol. The minimum absolute atomic E-state index is 0.0339. The van der Waals surface area contributed by atoms with E-state index in [4.69, 9.17) is 9.47 Å². The van der Waals surface area contributed by atoms with E-state index in [2.05, 4.69) is 15.9 Å². The van der Waals surface area contributed by atoms with Gasteiger partial charge in [-0.1, -0.05) is 6.07 Å². The minimum atomic E-state index is -0.0339. The third kappa shape index (κ3) is 2.98. The Morgan fingerprint density at radius 2 is 2.00 bits per heavy atom. The molecular formula is C14H14BrNO3. The predicted molar refractivity (Wildman–Crippen MR) is 77.1 cm³/mol. The average Bonchev–Trinajstić information content (AvgIpc) is 2.40. The molecular weight excluding hydrogens is 310 g/mol. The Morgan fingerprint density at radius 1 is 1.21 bits per heavy atom. The van der Waals surface area contributed by atoms with Crippen LogP contribution in [-0.2, 0) is 6.54 Å². The molecule has 100 valence electrons. The van der Waals surface area contributed by atoms with E-state index in [0.717, 1.165) is 10.0 Å². The highest BCUT2D eigenvalue weighted by Crippen LogP contribution is 2.36. The van der Waals surface area contributed by atoms with Crippen LogP contribution in [0.5, 0.6) is 11.5 Å². The second kappa shape index (κ2) is 5.93. The number of halogens is 1. The molecule has 5 heteroatoms. The summed E-state index contributed by atoms with van der Waals surface area (Å²) in [5, 5.41) is 0. The molecule has 0 aliphatic carbocycles. The molecule has 1 aromatic carbocycles. The number of ether oxygens (including phenoxy) is 2. The van der Waals surface area contributed by atoms with Crippen LogP contribution in [0, 0.1) is 0 Å². The van der Waals surface area contributed by atoms with Crippen molar-refractivity contribution >= 4 is 15.9 Å². The van der Waals surface area contributed by atoms with Gasteiger partial charge in [0.15, 0.2) is 11.5 Å². The van der Waals surface area contributed by atoms with Crippen molar-refractivity contribution in [2.24, 2.45) is 0 Å². The molecule has 0 unspecified atom stereocenters. The van der Waals surface area contributed by atoms with E-state index in [-0.39, 0.29) is 5.56 Å². The number of hydrogen-bond donors (Lipinski definition) is 0. The first-order valence-electron chi connectivity index (χ1n) is 5.71. The molecule has 1 aromatic heterocycles. The van der Waals surface area contributed by atoms with E-state index in [9.17, 15) is 4.79 Å². The van der Waals surface area contributed by atoms with E-state index in [0.29, 0.717) is 18.0 Å². The van der Waals surface area contributed by atoms with Crippen LogP contribution in [0.15, 0.2) is 45.8 Å². The SMILES string of the molecule is COc1cc(Cn2ccccc2=O)cc(Br)c1OC. The number of aromatic nitrogens is 1. The largest absolute Gasteiger partial charge is 0.493 e. The summed E-state index contributed by atoms with van der Waals surface area (Å²) < 4.78 is 13.0. The molecule has 19 heavy (non-hydrogen) atoms. The lowest BCUT2D eigenvalue weighted by atomic mass is 10.2. The molecule has 0 atom stereocenters. The maximum absolute atomic E-state index is 11.7. The smallest absolute Gasteiger partial charge is 0.250 e. The highest BCUT2D eigenvalue weighted by atomic mass is 79.9. The molecule has 1 heterocycles. The molecule has 0 spiro atoms. The van der Waals surface area contributed by atoms with Gasteiger partial charge in [-0.3, -0.25) is 4.79 Å². The van der Waals surface area contributed by atoms with Gasteiger partial charge in [0.25, 0.3) is 5.56 Å². The fourth-order valence-corrected chi connectivity index (χ4v) is 2.50. The van der Waals surface area contributed by atoms with Crippen molar-refractivity contribution in [1.82, 2.24) is 4.57 Å². The maximum Gasteiger partial charge on any atom is 0.250 e. The van der Waals surface area contributed by atoms with Gasteiger partial charge in [0.05, 0.1) is 25.2 Å². The summed E-state index contributed by atoms with van der Waals surface area (Å²) in [6.45, 7) is 0.485. The quantitative estimate of drug-likeness (QED) is 0.868. The zero-order valence-electron chi connectivity index (χ0n) is 10.7. The maximum atomic E-state index is 11.7. The van der Waals surface area contributed by atoms with Crippen molar-refractivity contribution in [1.29, 1.82) is 0 Å². The van der Waals surface area contributed by atoms with Crippen molar-refractivity contribution in [2.75, 3.05) is 14.2 Å². The molecule has 0 aliphatic heterocycles. The van der Waals surface area contributed by atoms with Gasteiger partial charge in [-0.05, 0) is 39.7 Å². The number of rotatable bonds is 4. The van der Waals surface area contributed by atoms with Crippen molar-refractivity contribution < 1.29 is 9.47 Å². The van der Waals surface area contributed by atoms with Gasteiger partial charge in [-0.15, -0.1) is 0 Å². The van der Waals surface area contributed by atoms with Crippen molar-refractivity contribution in [2.45, 2.75) is 6.54 Å². The van der Waals surface area contributed by atoms with Crippen LogP contribution in [0.2, 0.25) is 0 Å². The second-order valence-electron chi connectivity index (χ2n) is 3.98. The van der Waals surface area contributed by atoms with Crippen LogP contribution >= 0.6 is 15.9 Å². The van der Waals surface area contributed by atoms with E-state index in [1.54, 1.807) is 31.0 Å². The van der Waals surface area contributed by atoms with Gasteiger partial charge in [0.1, 0.15) is 0 Å². The predicted octanol–water partition coefficient (Wildman–Crippen LogP) is 2.68. The van der Waals surface area contributed by atoms with E-state index < -0.39 is 0 Å². The number of pyridine rings is 1. The summed E-state index contributed by atoms with van der Waals surface area (Å²) in [4.78, 5) is 11.7. The fraction of sp³-hybridized carbons (Fsp3) is 0.214. The Labute approximate surface area is 119 Å². The lowest BCUT2D eigenvalue weighted by Gasteiger charge is -2.12. The number of benzene rings is 1. The lowest BCUT2D eigenvalue weighted by molar-refractivity contribution is 0.352. The van der Waals surface area contributed by atoms with Gasteiger partial charge in [0.2, 0.25) is 0 Å². The molecule has 2 aromatic rings. The lowest BCUT2D eigenvalue weighted by Crippen LogP contribution is -2.18. The Balaban J connectivity index is 2.39. The minimum Gasteiger partial charge on any atom is -0.493 e. The van der Waals surface area contributed by atoms with Crippen LogP contribution in [0.3, 0.4) is 0 Å². The topological polar surface area (TPSA) is 40.5 Å². The third-order valence-corrected chi connectivity index (χ3v) is 3.33. The molecule has 2 rings (SSSR count). The van der Waals surface area contributed by atoms with Crippen LogP contribution in [0.4, 0.5) is 0 Å². The van der Waals surface area contributed by atoms with Gasteiger partial charge in [-0.2, -0.15) is 0 Å². The van der Waals surface area contributed by atoms with Crippen LogP contribution in [0.1, 0.15) is 5.56 Å². The zero-order chi connectivity index (χ0) is 13.8. The molecule has 0 amide bonds. The van der Waals surface area contributed by atoms with Crippen molar-refractivity contribution in [3.63, 3.8) is 0 Å². The normalized spacial score (nSPS) is 10.3. The highest BCUT2D eigenvalue weighted by Gasteiger charge is 2.10. The number of nitrogens with zero attached hydrogens (tertiary/aromatic N) is 1. The summed E-state index contributed by atoms with van der Waals surface area (Å²) in [5.41, 5.74) is 0.922. The Morgan fingerprint density at radius 3 is 2.63 bits per heavy atom. The molecule has 0 saturated heterocycles. The highest BCUT2D eigenvalue weighted by molar-refractivity contribution is 9.10. The first kappa shape index (κ1) is 13.7. The Hall–Kier alpha value is -1.75. The second-order valence-corrected chi connectivity index (χ2v) is 4.83. The summed E-state index contributed by atoms with van der Waals surface area (Å²) in [7, 11) is 3.17. The van der Waals surface area contributed by atoms with Crippen LogP contribution < -0.4 is 15.0 Å². The molecule has 4 nitrogen and oxygen atoms in total. The van der Waals surface area contributed by atoms with Gasteiger partial charge in [-0.25, -0.2) is 0 Å². The Bertz CT molecular complexity index is 637. The third-order valence-electron chi connectivity index (χ3n) is 2.75. The summed E-state index contributed by atoms with van der Waals surface area (Å²) in [6.07, 6.45) is 1.76. The first-order valence-corrected chi connectivity index (χ1v) is 6.51. The number of methoxy groups -OCH3 is 2. The van der Waals surface area contributed by atoms with Crippen molar-refractivity contribution in [3.8, 4) is 11.5 Å². The Kier molecular flexibility index (Phi) is 4.27. The van der Waals surface area contributed by atoms with E-state index in [1.165, 1.54) is 6.07 Å². The molecule has 0 saturated carbocycles. The monoisotopic (exact) mass is 323 g/mol. The zero-order valence-corrected chi connectivity index (χ0v) is 12.3. The molecule has 0 radical (unpaired) electrons. The molecule has 0 fully saturated rings. The van der Waals surface area contributed by atoms with Crippen molar-refractivity contribution in [3.05, 3.63) is 56.9 Å². The molecule has 0 aliphatic rings. The van der Waals surface area contributed by atoms with Gasteiger partial charge < -0.3 is 14.0 Å². The fourth-order valence-electron chi connectivity index (χ4n) is 1.85. The summed E-state index contributed by atoms with van der Waals surface area (Å²) in [6, 6.07) is 8.88. The summed E-state index contributed by atoms with van der Waals surface area (Å²) >= 11 is 3.44. The van der Waals surface area contributed by atoms with Crippen LogP contribution in [-0.4, -0.2) is 18.8 Å². The molecule has 0 N–H and O–H groups in total. The van der Waals surface area contributed by atoms with E-state index >= 15 is 0 Å². The first-order chi connectivity index (χ1) is 9.15. The summed E-state index contributed by atoms with van der Waals surface area (Å²) in [5.74, 6) is 1.28. The number of hydrogen-bond acceptors (Lipinski definition) is 3. The van der Waals surface area contributed by atoms with Crippen LogP contribution in [0.25, 0.3) is 0 Å². The van der Waals surface area contributed by atoms with Gasteiger partial charge >= 0.3 is 0 Å².